The molecule has 0 aromatic rings. The molecule has 0 amide bonds. The minimum Gasteiger partial charge on any atom is -0.280 e. The number of hydrogen-bond acceptors (Lipinski definition) is 1. The van der Waals surface area contributed by atoms with Gasteiger partial charge < -0.3 is 0 Å². The van der Waals surface area contributed by atoms with Crippen molar-refractivity contribution in [1.29, 1.82) is 0 Å². The van der Waals surface area contributed by atoms with Crippen LogP contribution < -0.4 is 0 Å². The molecule has 0 aromatic heterocycles. The lowest BCUT2D eigenvalue weighted by Crippen LogP contribution is -2.06. The van der Waals surface area contributed by atoms with Crippen molar-refractivity contribution in [1.82, 2.24) is 0 Å². The number of rotatable bonds is 3. The molecule has 8 heavy (non-hydrogen) atoms. The third-order valence-electron chi connectivity index (χ3n) is 0.609. The van der Waals surface area contributed by atoms with Crippen LogP contribution >= 0.6 is 39.1 Å². The molecule has 1 atom stereocenters. The second kappa shape index (κ2) is 4.59. The van der Waals surface area contributed by atoms with Gasteiger partial charge in [-0.25, -0.2) is 0 Å². The molecule has 0 saturated heterocycles. The van der Waals surface area contributed by atoms with Gasteiger partial charge in [-0.2, -0.15) is 0 Å². The fraction of sp³-hybridized carbons (Fsp3) is 0.750. The Hall–Kier alpha value is 0.730. The molecule has 48 valence electrons. The van der Waals surface area contributed by atoms with Crippen LogP contribution in [0.2, 0.25) is 0 Å². The van der Waals surface area contributed by atoms with Crippen LogP contribution in [0.15, 0.2) is 0 Å². The largest absolute Gasteiger partial charge is 0.280 e. The van der Waals surface area contributed by atoms with E-state index in [0.717, 1.165) is 0 Å². The highest BCUT2D eigenvalue weighted by molar-refractivity contribution is 9.10. The van der Waals surface area contributed by atoms with Crippen molar-refractivity contribution in [3.63, 3.8) is 0 Å². The van der Waals surface area contributed by atoms with Gasteiger partial charge in [-0.15, -0.1) is 11.6 Å². The van der Waals surface area contributed by atoms with E-state index in [1.165, 1.54) is 0 Å². The Morgan fingerprint density at radius 1 is 1.75 bits per heavy atom. The molecule has 0 bridgehead atoms. The number of carbonyl (C=O) groups is 1. The van der Waals surface area contributed by atoms with E-state index in [2.05, 4.69) is 15.9 Å². The molecule has 0 heterocycles. The summed E-state index contributed by atoms with van der Waals surface area (Å²) in [7, 11) is 0. The fourth-order valence-electron chi connectivity index (χ4n) is 0.209. The van der Waals surface area contributed by atoms with Gasteiger partial charge in [0.15, 0.2) is 0 Å². The Labute approximate surface area is 66.5 Å². The SMILES string of the molecule is O=C(Cl)[C@@H](Br)CCCl. The van der Waals surface area contributed by atoms with Crippen LogP contribution in [0.1, 0.15) is 6.42 Å². The van der Waals surface area contributed by atoms with Gasteiger partial charge in [0.1, 0.15) is 0 Å². The summed E-state index contributed by atoms with van der Waals surface area (Å²) >= 11 is 13.4. The Morgan fingerprint density at radius 2 is 2.25 bits per heavy atom. The average Bonchev–Trinajstić information content (AvgIpc) is 1.67. The average molecular weight is 220 g/mol. The van der Waals surface area contributed by atoms with E-state index in [1.807, 2.05) is 0 Å². The molecule has 1 nitrogen and oxygen atoms in total. The molecule has 0 aliphatic heterocycles. The van der Waals surface area contributed by atoms with Crippen LogP contribution in [0.4, 0.5) is 0 Å². The third-order valence-corrected chi connectivity index (χ3v) is 2.23. The predicted octanol–water partition coefficient (Wildman–Crippen LogP) is 2.14. The Balaban J connectivity index is 3.32. The Bertz CT molecular complexity index is 86.1. The summed E-state index contributed by atoms with van der Waals surface area (Å²) in [5.41, 5.74) is 0. The number of halogens is 3. The smallest absolute Gasteiger partial charge is 0.235 e. The van der Waals surface area contributed by atoms with Gasteiger partial charge >= 0.3 is 0 Å². The highest BCUT2D eigenvalue weighted by atomic mass is 79.9. The molecule has 0 rings (SSSR count). The highest BCUT2D eigenvalue weighted by Crippen LogP contribution is 2.08. The van der Waals surface area contributed by atoms with Crippen LogP contribution in [0.3, 0.4) is 0 Å². The maximum absolute atomic E-state index is 10.2. The maximum Gasteiger partial charge on any atom is 0.235 e. The zero-order chi connectivity index (χ0) is 6.57. The first-order valence-electron chi connectivity index (χ1n) is 2.08. The Morgan fingerprint density at radius 3 is 2.38 bits per heavy atom. The number of carbonyl (C=O) groups excluding carboxylic acids is 1. The van der Waals surface area contributed by atoms with Gasteiger partial charge in [0.25, 0.3) is 0 Å². The summed E-state index contributed by atoms with van der Waals surface area (Å²) < 4.78 is 0. The van der Waals surface area contributed by atoms with E-state index in [0.29, 0.717) is 12.3 Å². The van der Waals surface area contributed by atoms with Crippen molar-refractivity contribution in [2.24, 2.45) is 0 Å². The van der Waals surface area contributed by atoms with Crippen LogP contribution in [0, 0.1) is 0 Å². The zero-order valence-electron chi connectivity index (χ0n) is 4.03. The van der Waals surface area contributed by atoms with Crippen molar-refractivity contribution in [2.75, 3.05) is 5.88 Å². The molecule has 0 spiro atoms. The van der Waals surface area contributed by atoms with Crippen molar-refractivity contribution < 1.29 is 4.79 Å². The van der Waals surface area contributed by atoms with Crippen molar-refractivity contribution in [3.05, 3.63) is 0 Å². The minimum atomic E-state index is -0.384. The minimum absolute atomic E-state index is 0.276. The summed E-state index contributed by atoms with van der Waals surface area (Å²) in [6.45, 7) is 0. The molecule has 0 N–H and O–H groups in total. The van der Waals surface area contributed by atoms with Gasteiger partial charge in [0, 0.05) is 5.88 Å². The summed E-state index contributed by atoms with van der Waals surface area (Å²) in [6, 6.07) is 0. The van der Waals surface area contributed by atoms with Gasteiger partial charge in [0.05, 0.1) is 4.83 Å². The molecule has 0 radical (unpaired) electrons. The monoisotopic (exact) mass is 218 g/mol. The van der Waals surface area contributed by atoms with Crippen LogP contribution in [0.25, 0.3) is 0 Å². The van der Waals surface area contributed by atoms with Gasteiger partial charge in [-0.3, -0.25) is 4.79 Å². The first-order valence-corrected chi connectivity index (χ1v) is 3.90. The summed E-state index contributed by atoms with van der Waals surface area (Å²) in [4.78, 5) is 9.92. The van der Waals surface area contributed by atoms with Crippen molar-refractivity contribution in [3.8, 4) is 0 Å². The quantitative estimate of drug-likeness (QED) is 0.525. The van der Waals surface area contributed by atoms with Crippen molar-refractivity contribution >= 4 is 44.4 Å². The molecule has 0 aromatic carbocycles. The predicted molar refractivity (Wildman–Crippen MR) is 38.9 cm³/mol. The van der Waals surface area contributed by atoms with Gasteiger partial charge in [-0.05, 0) is 18.0 Å². The van der Waals surface area contributed by atoms with E-state index in [-0.39, 0.29) is 10.1 Å². The number of alkyl halides is 2. The summed E-state index contributed by atoms with van der Waals surface area (Å²) in [5, 5.41) is -0.384. The first-order chi connectivity index (χ1) is 3.68. The third kappa shape index (κ3) is 3.70. The molecule has 0 aliphatic carbocycles. The van der Waals surface area contributed by atoms with Crippen LogP contribution in [-0.4, -0.2) is 15.9 Å². The van der Waals surface area contributed by atoms with Crippen LogP contribution in [-0.2, 0) is 4.79 Å². The fourth-order valence-corrected chi connectivity index (χ4v) is 1.03. The maximum atomic E-state index is 10.2. The molecule has 0 aliphatic rings. The zero-order valence-corrected chi connectivity index (χ0v) is 7.13. The topological polar surface area (TPSA) is 17.1 Å². The molecule has 0 saturated carbocycles. The normalized spacial score (nSPS) is 13.4. The summed E-state index contributed by atoms with van der Waals surface area (Å²) in [5.74, 6) is 0.453. The van der Waals surface area contributed by atoms with E-state index >= 15 is 0 Å². The molecular weight excluding hydrogens is 215 g/mol. The molecule has 0 unspecified atom stereocenters. The van der Waals surface area contributed by atoms with Crippen molar-refractivity contribution in [2.45, 2.75) is 11.2 Å². The molecular formula is C4H5BrCl2O. The lowest BCUT2D eigenvalue weighted by molar-refractivity contribution is -0.111. The Kier molecular flexibility index (Phi) is 5.01. The standard InChI is InChI=1S/C4H5BrCl2O/c5-3(1-2-6)4(7)8/h3H,1-2H2/t3-/m0/s1. The van der Waals surface area contributed by atoms with E-state index < -0.39 is 0 Å². The number of hydrogen-bond donors (Lipinski definition) is 0. The first kappa shape index (κ1) is 8.73. The molecule has 4 heteroatoms. The van der Waals surface area contributed by atoms with E-state index in [4.69, 9.17) is 23.2 Å². The van der Waals surface area contributed by atoms with Crippen LogP contribution in [0.5, 0.6) is 0 Å². The second-order valence-corrected chi connectivity index (χ2v) is 3.11. The second-order valence-electron chi connectivity index (χ2n) is 1.25. The van der Waals surface area contributed by atoms with Gasteiger partial charge in [-0.1, -0.05) is 15.9 Å². The highest BCUT2D eigenvalue weighted by Gasteiger charge is 2.09. The molecule has 0 fully saturated rings. The van der Waals surface area contributed by atoms with E-state index in [1.54, 1.807) is 0 Å². The lowest BCUT2D eigenvalue weighted by Gasteiger charge is -1.96. The van der Waals surface area contributed by atoms with Gasteiger partial charge in [0.2, 0.25) is 5.24 Å². The lowest BCUT2D eigenvalue weighted by atomic mass is 10.4. The van der Waals surface area contributed by atoms with E-state index in [9.17, 15) is 4.79 Å². The summed E-state index contributed by atoms with van der Waals surface area (Å²) in [6.07, 6.45) is 0.587.